The first-order chi connectivity index (χ1) is 8.29. The lowest BCUT2D eigenvalue weighted by molar-refractivity contribution is 0.441. The molecule has 0 fully saturated rings. The van der Waals surface area contributed by atoms with Crippen molar-refractivity contribution in [1.82, 2.24) is 20.0 Å². The molecule has 0 unspecified atom stereocenters. The molecule has 0 aromatic carbocycles. The molecule has 0 radical (unpaired) electrons. The molecule has 0 bridgehead atoms. The maximum absolute atomic E-state index is 11.4. The normalized spacial score (nSPS) is 12.0. The molecule has 18 heavy (non-hydrogen) atoms. The summed E-state index contributed by atoms with van der Waals surface area (Å²) >= 11 is 0. The van der Waals surface area contributed by atoms with Crippen molar-refractivity contribution in [2.24, 2.45) is 0 Å². The first kappa shape index (κ1) is 13.0. The van der Waals surface area contributed by atoms with Gasteiger partial charge in [0.25, 0.3) is 9.05 Å². The van der Waals surface area contributed by atoms with Crippen molar-refractivity contribution in [3.63, 3.8) is 0 Å². The predicted octanol–water partition coefficient (Wildman–Crippen LogP) is 1.17. The highest BCUT2D eigenvalue weighted by atomic mass is 35.7. The van der Waals surface area contributed by atoms with Gasteiger partial charge in [0.2, 0.25) is 11.8 Å². The van der Waals surface area contributed by atoms with E-state index < -0.39 is 9.05 Å². The van der Waals surface area contributed by atoms with Crippen LogP contribution in [0.25, 0.3) is 0 Å². The van der Waals surface area contributed by atoms with Crippen molar-refractivity contribution in [2.45, 2.75) is 32.2 Å². The van der Waals surface area contributed by atoms with Crippen molar-refractivity contribution in [3.05, 3.63) is 23.2 Å². The molecule has 2 aromatic heterocycles. The Morgan fingerprint density at radius 3 is 2.39 bits per heavy atom. The highest BCUT2D eigenvalue weighted by Crippen LogP contribution is 2.23. The Morgan fingerprint density at radius 1 is 1.28 bits per heavy atom. The Morgan fingerprint density at radius 2 is 1.94 bits per heavy atom. The summed E-state index contributed by atoms with van der Waals surface area (Å²) in [6.07, 6.45) is 0. The fraction of sp³-hybridized carbons (Fsp3) is 0.444. The monoisotopic (exact) mass is 290 g/mol. The maximum Gasteiger partial charge on any atom is 0.264 e. The lowest BCUT2D eigenvalue weighted by Crippen LogP contribution is -2.05. The average Bonchev–Trinajstić information content (AvgIpc) is 2.71. The van der Waals surface area contributed by atoms with Crippen LogP contribution in [-0.2, 0) is 15.6 Å². The zero-order valence-electron chi connectivity index (χ0n) is 10.0. The first-order valence-corrected chi connectivity index (χ1v) is 7.37. The fourth-order valence-corrected chi connectivity index (χ4v) is 3.24. The van der Waals surface area contributed by atoms with Crippen molar-refractivity contribution in [2.75, 3.05) is 0 Å². The average molecular weight is 291 g/mol. The molecule has 0 spiro atoms. The highest BCUT2D eigenvalue weighted by molar-refractivity contribution is 8.13. The van der Waals surface area contributed by atoms with Gasteiger partial charge in [0.1, 0.15) is 11.4 Å². The van der Waals surface area contributed by atoms with Crippen molar-refractivity contribution < 1.29 is 12.8 Å². The minimum Gasteiger partial charge on any atom is -0.424 e. The number of hydrogen-bond donors (Lipinski definition) is 0. The predicted molar refractivity (Wildman–Crippen MR) is 62.9 cm³/mol. The molecular formula is C9H11ClN4O3S. The van der Waals surface area contributed by atoms with Gasteiger partial charge in [0, 0.05) is 17.6 Å². The van der Waals surface area contributed by atoms with Gasteiger partial charge in [-0.1, -0.05) is 0 Å². The van der Waals surface area contributed by atoms with E-state index in [-0.39, 0.29) is 11.4 Å². The first-order valence-electron chi connectivity index (χ1n) is 5.06. The molecule has 0 atom stereocenters. The lowest BCUT2D eigenvalue weighted by atomic mass is 10.4. The largest absolute Gasteiger partial charge is 0.424 e. The standard InChI is InChI=1S/C9H11ClN4O3S/c1-5-9(18(10,15)16)6(2)14(13-5)4-8-12-11-7(3)17-8/h4H2,1-3H3. The zero-order chi connectivity index (χ0) is 13.5. The molecule has 98 valence electrons. The van der Waals surface area contributed by atoms with Crippen molar-refractivity contribution >= 4 is 19.7 Å². The number of halogens is 1. The molecule has 9 heteroatoms. The Labute approximate surface area is 108 Å². The molecular weight excluding hydrogens is 280 g/mol. The van der Waals surface area contributed by atoms with Crippen LogP contribution in [0.5, 0.6) is 0 Å². The van der Waals surface area contributed by atoms with E-state index in [0.29, 0.717) is 23.2 Å². The molecule has 0 aliphatic heterocycles. The van der Waals surface area contributed by atoms with Gasteiger partial charge >= 0.3 is 0 Å². The van der Waals surface area contributed by atoms with Gasteiger partial charge in [-0.15, -0.1) is 10.2 Å². The molecule has 2 heterocycles. The summed E-state index contributed by atoms with van der Waals surface area (Å²) in [5.41, 5.74) is 0.789. The molecule has 0 amide bonds. The summed E-state index contributed by atoms with van der Waals surface area (Å²) in [4.78, 5) is 0.0282. The summed E-state index contributed by atoms with van der Waals surface area (Å²) in [6.45, 7) is 5.09. The number of rotatable bonds is 3. The van der Waals surface area contributed by atoms with E-state index in [4.69, 9.17) is 15.1 Å². The zero-order valence-corrected chi connectivity index (χ0v) is 11.6. The van der Waals surface area contributed by atoms with Crippen molar-refractivity contribution in [3.8, 4) is 0 Å². The maximum atomic E-state index is 11.4. The van der Waals surface area contributed by atoms with Crippen molar-refractivity contribution in [1.29, 1.82) is 0 Å². The van der Waals surface area contributed by atoms with Gasteiger partial charge in [0.15, 0.2) is 0 Å². The van der Waals surface area contributed by atoms with E-state index in [1.165, 1.54) is 4.68 Å². The smallest absolute Gasteiger partial charge is 0.264 e. The molecule has 7 nitrogen and oxygen atoms in total. The summed E-state index contributed by atoms with van der Waals surface area (Å²) < 4.78 is 29.5. The Bertz CT molecular complexity index is 689. The van der Waals surface area contributed by atoms with Crippen LogP contribution >= 0.6 is 10.7 Å². The second-order valence-electron chi connectivity index (χ2n) is 3.81. The molecule has 0 aliphatic rings. The van der Waals surface area contributed by atoms with Crippen LogP contribution in [0.2, 0.25) is 0 Å². The van der Waals surface area contributed by atoms with Crippen LogP contribution in [0.3, 0.4) is 0 Å². The van der Waals surface area contributed by atoms with Gasteiger partial charge in [-0.05, 0) is 13.8 Å². The topological polar surface area (TPSA) is 90.9 Å². The van der Waals surface area contributed by atoms with Crippen LogP contribution in [0.15, 0.2) is 9.31 Å². The number of aromatic nitrogens is 4. The quantitative estimate of drug-likeness (QED) is 0.788. The van der Waals surface area contributed by atoms with Gasteiger partial charge in [-0.2, -0.15) is 5.10 Å². The van der Waals surface area contributed by atoms with E-state index in [0.717, 1.165) is 0 Å². The van der Waals surface area contributed by atoms with Gasteiger partial charge < -0.3 is 4.42 Å². The summed E-state index contributed by atoms with van der Waals surface area (Å²) in [7, 11) is 1.55. The molecule has 0 saturated carbocycles. The van der Waals surface area contributed by atoms with Crippen LogP contribution in [0, 0.1) is 20.8 Å². The Hall–Kier alpha value is -1.41. The Kier molecular flexibility index (Phi) is 3.16. The summed E-state index contributed by atoms with van der Waals surface area (Å²) in [5.74, 6) is 0.799. The number of hydrogen-bond acceptors (Lipinski definition) is 6. The second kappa shape index (κ2) is 4.36. The van der Waals surface area contributed by atoms with Crippen LogP contribution in [0.4, 0.5) is 0 Å². The Balaban J connectivity index is 2.42. The molecule has 0 saturated heterocycles. The summed E-state index contributed by atoms with van der Waals surface area (Å²) in [6, 6.07) is 0. The molecule has 0 N–H and O–H groups in total. The van der Waals surface area contributed by atoms with E-state index in [1.54, 1.807) is 20.8 Å². The third-order valence-electron chi connectivity index (χ3n) is 2.41. The van der Waals surface area contributed by atoms with Gasteiger partial charge in [0.05, 0.1) is 11.4 Å². The SMILES string of the molecule is Cc1nnc(Cn2nc(C)c(S(=O)(=O)Cl)c2C)o1. The fourth-order valence-electron chi connectivity index (χ4n) is 1.72. The van der Waals surface area contributed by atoms with Gasteiger partial charge in [-0.3, -0.25) is 4.68 Å². The second-order valence-corrected chi connectivity index (χ2v) is 6.31. The number of aryl methyl sites for hydroxylation is 2. The molecule has 2 rings (SSSR count). The van der Waals surface area contributed by atoms with Crippen LogP contribution in [0.1, 0.15) is 23.2 Å². The lowest BCUT2D eigenvalue weighted by Gasteiger charge is -2.00. The minimum atomic E-state index is -3.81. The third kappa shape index (κ3) is 2.39. The van der Waals surface area contributed by atoms with E-state index >= 15 is 0 Å². The van der Waals surface area contributed by atoms with E-state index in [2.05, 4.69) is 15.3 Å². The van der Waals surface area contributed by atoms with E-state index in [9.17, 15) is 8.42 Å². The van der Waals surface area contributed by atoms with Crippen LogP contribution in [-0.4, -0.2) is 28.4 Å². The van der Waals surface area contributed by atoms with Crippen LogP contribution < -0.4 is 0 Å². The molecule has 0 aliphatic carbocycles. The van der Waals surface area contributed by atoms with E-state index in [1.807, 2.05) is 0 Å². The minimum absolute atomic E-state index is 0.0282. The highest BCUT2D eigenvalue weighted by Gasteiger charge is 2.23. The number of nitrogens with zero attached hydrogens (tertiary/aromatic N) is 4. The summed E-state index contributed by atoms with van der Waals surface area (Å²) in [5, 5.41) is 11.6. The third-order valence-corrected chi connectivity index (χ3v) is 3.95. The molecule has 2 aromatic rings. The van der Waals surface area contributed by atoms with Gasteiger partial charge in [-0.25, -0.2) is 8.42 Å².